The summed E-state index contributed by atoms with van der Waals surface area (Å²) in [6.07, 6.45) is 1.61. The molecule has 0 saturated heterocycles. The average Bonchev–Trinajstić information content (AvgIpc) is 3.39. The summed E-state index contributed by atoms with van der Waals surface area (Å²) < 4.78 is 26.0. The normalized spacial score (nSPS) is 21.3. The average molecular weight is 649 g/mol. The van der Waals surface area contributed by atoms with Gasteiger partial charge >= 0.3 is 5.88 Å². The van der Waals surface area contributed by atoms with Crippen LogP contribution in [-0.2, 0) is 37.9 Å². The zero-order chi connectivity index (χ0) is 33.7. The minimum Gasteiger partial charge on any atom is -0.507 e. The second-order valence-electron chi connectivity index (χ2n) is 13.3. The third-order valence-corrected chi connectivity index (χ3v) is 9.92. The summed E-state index contributed by atoms with van der Waals surface area (Å²) >= 11 is 0. The van der Waals surface area contributed by atoms with E-state index in [4.69, 9.17) is 18.7 Å². The van der Waals surface area contributed by atoms with Gasteiger partial charge in [0.2, 0.25) is 5.76 Å². The molecule has 3 aromatic carbocycles. The number of fused-ring (bicyclic) bond motifs is 4. The first-order chi connectivity index (χ1) is 23.1. The van der Waals surface area contributed by atoms with E-state index in [9.17, 15) is 19.5 Å². The van der Waals surface area contributed by atoms with Gasteiger partial charge in [-0.15, -0.1) is 0 Å². The molecule has 3 unspecified atom stereocenters. The van der Waals surface area contributed by atoms with Crippen molar-refractivity contribution in [3.63, 3.8) is 0 Å². The number of aldehydes is 1. The van der Waals surface area contributed by atoms with Crippen molar-refractivity contribution in [2.45, 2.75) is 59.4 Å². The number of nitrogens with zero attached hydrogens (tertiary/aromatic N) is 1. The summed E-state index contributed by atoms with van der Waals surface area (Å²) in [7, 11) is 1.68. The van der Waals surface area contributed by atoms with Crippen LogP contribution in [-0.4, -0.2) is 29.1 Å². The molecule has 48 heavy (non-hydrogen) atoms. The largest absolute Gasteiger partial charge is 0.507 e. The molecule has 0 bridgehead atoms. The predicted octanol–water partition coefficient (Wildman–Crippen LogP) is 6.34. The highest BCUT2D eigenvalue weighted by molar-refractivity contribution is 6.23. The van der Waals surface area contributed by atoms with Gasteiger partial charge in [0, 0.05) is 22.3 Å². The summed E-state index contributed by atoms with van der Waals surface area (Å²) in [6.45, 7) is 5.82. The molecule has 1 saturated carbocycles. The van der Waals surface area contributed by atoms with E-state index in [-0.39, 0.29) is 59.5 Å². The van der Waals surface area contributed by atoms with E-state index in [1.165, 1.54) is 4.74 Å². The molecule has 0 spiro atoms. The van der Waals surface area contributed by atoms with Gasteiger partial charge in [-0.3, -0.25) is 14.4 Å². The Labute approximate surface area is 278 Å². The molecule has 1 fully saturated rings. The fourth-order valence-electron chi connectivity index (χ4n) is 7.54. The van der Waals surface area contributed by atoms with Crippen molar-refractivity contribution in [2.75, 3.05) is 0 Å². The summed E-state index contributed by atoms with van der Waals surface area (Å²) in [5, 5.41) is 12.1. The fraction of sp³-hybridized carbons (Fsp3) is 0.333. The van der Waals surface area contributed by atoms with Crippen LogP contribution in [0, 0.1) is 17.3 Å². The maximum atomic E-state index is 14.7. The molecule has 9 nitrogen and oxygen atoms in total. The van der Waals surface area contributed by atoms with Crippen molar-refractivity contribution in [1.82, 2.24) is 0 Å². The van der Waals surface area contributed by atoms with Gasteiger partial charge in [-0.1, -0.05) is 60.7 Å². The molecule has 0 aliphatic heterocycles. The first kappa shape index (κ1) is 31.4. The summed E-state index contributed by atoms with van der Waals surface area (Å²) in [5.74, 6) is -0.424. The number of aliphatic hydroxyl groups excluding tert-OH is 1. The third-order valence-electron chi connectivity index (χ3n) is 9.92. The van der Waals surface area contributed by atoms with E-state index >= 15 is 0 Å². The SMILES string of the molecule is CC(C)Oc1c(C=O)cc(OCc2ccccc2)c2c1CC1CC3Cc4o[n+](C)c(OCc5ccccc5)c4C(=O)C3(C)C(=O)C1=C2O. The molecule has 0 radical (unpaired) electrons. The molecular weight excluding hydrogens is 610 g/mol. The molecule has 7 rings (SSSR count). The first-order valence-corrected chi connectivity index (χ1v) is 16.3. The van der Waals surface area contributed by atoms with Gasteiger partial charge in [0.25, 0.3) is 0 Å². The molecule has 3 atom stereocenters. The molecule has 9 heteroatoms. The molecule has 0 amide bonds. The number of carbonyl (C=O) groups is 3. The van der Waals surface area contributed by atoms with Gasteiger partial charge in [-0.05, 0) is 62.6 Å². The van der Waals surface area contributed by atoms with Gasteiger partial charge in [-0.2, -0.15) is 0 Å². The highest BCUT2D eigenvalue weighted by Crippen LogP contribution is 2.56. The fourth-order valence-corrected chi connectivity index (χ4v) is 7.54. The highest BCUT2D eigenvalue weighted by atomic mass is 16.6. The standard InChI is InChI=1S/C39H37NO8/c1-22(2)47-35-26(19-41)17-29(45-20-23-11-7-5-8-12-23)32-28(35)16-25-15-27-18-30-33(37(44)39(27,3)36(43)31(25)34(32)42)38(40(4)48-30)46-21-24-13-9-6-10-14-24/h5-14,17,19,22,25,27H,15-16,18,20-21H2,1-4H3/p+1. The molecule has 1 aromatic heterocycles. The van der Waals surface area contributed by atoms with Crippen molar-refractivity contribution in [1.29, 1.82) is 0 Å². The zero-order valence-electron chi connectivity index (χ0n) is 27.4. The van der Waals surface area contributed by atoms with Crippen molar-refractivity contribution in [2.24, 2.45) is 24.3 Å². The molecular formula is C39H38NO8+. The Kier molecular flexibility index (Phi) is 7.93. The Hall–Kier alpha value is -5.18. The number of hydrogen-bond acceptors (Lipinski definition) is 8. The molecule has 1 N–H and O–H groups in total. The minimum atomic E-state index is -1.45. The van der Waals surface area contributed by atoms with E-state index in [0.717, 1.165) is 17.4 Å². The Bertz CT molecular complexity index is 1960. The van der Waals surface area contributed by atoms with E-state index in [0.29, 0.717) is 47.5 Å². The van der Waals surface area contributed by atoms with Crippen LogP contribution in [0.4, 0.5) is 0 Å². The summed E-state index contributed by atoms with van der Waals surface area (Å²) in [6, 6.07) is 20.7. The second-order valence-corrected chi connectivity index (χ2v) is 13.3. The van der Waals surface area contributed by atoms with Crippen LogP contribution < -0.4 is 19.0 Å². The number of rotatable bonds is 9. The van der Waals surface area contributed by atoms with Gasteiger partial charge in [0.1, 0.15) is 30.5 Å². The van der Waals surface area contributed by atoms with E-state index in [1.54, 1.807) is 20.0 Å². The Balaban J connectivity index is 1.30. The topological polar surface area (TPSA) is 116 Å². The van der Waals surface area contributed by atoms with Gasteiger partial charge in [0.05, 0.1) is 22.6 Å². The van der Waals surface area contributed by atoms with E-state index in [1.807, 2.05) is 74.5 Å². The first-order valence-electron chi connectivity index (χ1n) is 16.3. The number of ketones is 2. The Morgan fingerprint density at radius 3 is 2.23 bits per heavy atom. The molecule has 1 heterocycles. The van der Waals surface area contributed by atoms with Crippen LogP contribution in [0.5, 0.6) is 17.4 Å². The number of benzene rings is 3. The van der Waals surface area contributed by atoms with Crippen LogP contribution in [0.15, 0.2) is 76.8 Å². The highest BCUT2D eigenvalue weighted by Gasteiger charge is 2.61. The van der Waals surface area contributed by atoms with Crippen molar-refractivity contribution in [3.05, 3.63) is 111 Å². The number of Topliss-reactive ketones (excluding diaryl/α,β-unsaturated/α-hetero) is 2. The van der Waals surface area contributed by atoms with Gasteiger partial charge < -0.3 is 19.3 Å². The number of allylic oxidation sites excluding steroid dienone is 1. The number of ether oxygens (including phenoxy) is 3. The number of aliphatic hydroxyl groups is 1. The van der Waals surface area contributed by atoms with Crippen LogP contribution >= 0.6 is 0 Å². The maximum Gasteiger partial charge on any atom is 0.426 e. The lowest BCUT2D eigenvalue weighted by molar-refractivity contribution is -0.848. The molecule has 246 valence electrons. The van der Waals surface area contributed by atoms with Crippen LogP contribution in [0.25, 0.3) is 5.76 Å². The quantitative estimate of drug-likeness (QED) is 0.127. The lowest BCUT2D eigenvalue weighted by Crippen LogP contribution is -2.53. The van der Waals surface area contributed by atoms with Crippen LogP contribution in [0.2, 0.25) is 0 Å². The van der Waals surface area contributed by atoms with Crippen LogP contribution in [0.1, 0.15) is 75.9 Å². The van der Waals surface area contributed by atoms with Crippen molar-refractivity contribution < 1.29 is 43.0 Å². The van der Waals surface area contributed by atoms with Gasteiger partial charge in [-0.25, -0.2) is 4.52 Å². The van der Waals surface area contributed by atoms with Gasteiger partial charge in [0.15, 0.2) is 30.5 Å². The summed E-state index contributed by atoms with van der Waals surface area (Å²) in [4.78, 5) is 41.5. The Morgan fingerprint density at radius 1 is 0.958 bits per heavy atom. The number of carbonyl (C=O) groups excluding carboxylic acids is 3. The lowest BCUT2D eigenvalue weighted by Gasteiger charge is -2.46. The van der Waals surface area contributed by atoms with E-state index < -0.39 is 17.1 Å². The third kappa shape index (κ3) is 5.09. The maximum absolute atomic E-state index is 14.7. The Morgan fingerprint density at radius 2 is 1.60 bits per heavy atom. The van der Waals surface area contributed by atoms with Crippen molar-refractivity contribution >= 4 is 23.6 Å². The van der Waals surface area contributed by atoms with E-state index in [2.05, 4.69) is 0 Å². The zero-order valence-corrected chi connectivity index (χ0v) is 27.4. The van der Waals surface area contributed by atoms with Crippen molar-refractivity contribution in [3.8, 4) is 17.4 Å². The second kappa shape index (κ2) is 12.1. The molecule has 3 aliphatic rings. The number of hydrogen-bond donors (Lipinski definition) is 1. The monoisotopic (exact) mass is 648 g/mol. The molecule has 4 aromatic rings. The summed E-state index contributed by atoms with van der Waals surface area (Å²) in [5.41, 5.74) is 2.09. The molecule has 3 aliphatic carbocycles. The predicted molar refractivity (Wildman–Crippen MR) is 175 cm³/mol. The van der Waals surface area contributed by atoms with Crippen LogP contribution in [0.3, 0.4) is 0 Å². The smallest absolute Gasteiger partial charge is 0.426 e. The number of aryl methyl sites for hydroxylation is 1. The number of aromatic nitrogens is 1. The lowest BCUT2D eigenvalue weighted by atomic mass is 9.53. The minimum absolute atomic E-state index is 0.181.